The number of nitrogens with zero attached hydrogens (tertiary/aromatic N) is 2. The second kappa shape index (κ2) is 6.56. The van der Waals surface area contributed by atoms with Gasteiger partial charge < -0.3 is 15.5 Å². The number of carbonyl (C=O) groups excluding carboxylic acids is 1. The summed E-state index contributed by atoms with van der Waals surface area (Å²) in [5.41, 5.74) is 1.50. The van der Waals surface area contributed by atoms with Gasteiger partial charge in [0.25, 0.3) is 5.91 Å². The lowest BCUT2D eigenvalue weighted by Gasteiger charge is -2.25. The Morgan fingerprint density at radius 1 is 1.56 bits per heavy atom. The van der Waals surface area contributed by atoms with Gasteiger partial charge in [-0.1, -0.05) is 0 Å². The van der Waals surface area contributed by atoms with Crippen molar-refractivity contribution < 1.29 is 4.79 Å². The molecule has 0 saturated carbocycles. The van der Waals surface area contributed by atoms with E-state index >= 15 is 0 Å². The van der Waals surface area contributed by atoms with Crippen LogP contribution in [0.15, 0.2) is 18.3 Å². The van der Waals surface area contributed by atoms with Gasteiger partial charge in [0.2, 0.25) is 0 Å². The Kier molecular flexibility index (Phi) is 5.37. The van der Waals surface area contributed by atoms with Crippen LogP contribution in [-0.4, -0.2) is 44.1 Å². The Labute approximate surface area is 113 Å². The molecule has 0 aromatic carbocycles. The van der Waals surface area contributed by atoms with E-state index in [1.165, 1.54) is 0 Å². The molecule has 0 radical (unpaired) electrons. The average Bonchev–Trinajstić information content (AvgIpc) is 2.91. The maximum absolute atomic E-state index is 11.4. The standard InChI is InChI=1S/C12H18N4O.ClH/c1-13-12(17)11-4-3-9(8-15-11)16(2)10-5-6-14-7-10;/h3-4,8,10,14H,5-7H2,1-2H3,(H,13,17);1H/t10-;/m1./s1. The summed E-state index contributed by atoms with van der Waals surface area (Å²) in [5, 5.41) is 5.90. The topological polar surface area (TPSA) is 57.3 Å². The summed E-state index contributed by atoms with van der Waals surface area (Å²) in [6.45, 7) is 2.08. The van der Waals surface area contributed by atoms with Crippen LogP contribution in [0.4, 0.5) is 5.69 Å². The van der Waals surface area contributed by atoms with Gasteiger partial charge in [-0.2, -0.15) is 0 Å². The molecule has 1 aliphatic rings. The van der Waals surface area contributed by atoms with E-state index in [9.17, 15) is 4.79 Å². The zero-order chi connectivity index (χ0) is 12.3. The maximum atomic E-state index is 11.4. The van der Waals surface area contributed by atoms with E-state index in [1.54, 1.807) is 19.3 Å². The summed E-state index contributed by atoms with van der Waals surface area (Å²) in [4.78, 5) is 17.7. The molecule has 2 N–H and O–H groups in total. The quantitative estimate of drug-likeness (QED) is 0.847. The third-order valence-corrected chi connectivity index (χ3v) is 3.20. The highest BCUT2D eigenvalue weighted by molar-refractivity contribution is 5.92. The van der Waals surface area contributed by atoms with Gasteiger partial charge in [-0.3, -0.25) is 4.79 Å². The first-order chi connectivity index (χ1) is 8.22. The zero-order valence-corrected chi connectivity index (χ0v) is 11.5. The lowest BCUT2D eigenvalue weighted by atomic mass is 10.2. The first-order valence-electron chi connectivity index (χ1n) is 5.84. The van der Waals surface area contributed by atoms with Gasteiger partial charge in [0.05, 0.1) is 11.9 Å². The van der Waals surface area contributed by atoms with Gasteiger partial charge >= 0.3 is 0 Å². The molecule has 5 nitrogen and oxygen atoms in total. The first-order valence-corrected chi connectivity index (χ1v) is 5.84. The number of nitrogens with one attached hydrogen (secondary N) is 2. The molecule has 2 rings (SSSR count). The van der Waals surface area contributed by atoms with Crippen LogP contribution < -0.4 is 15.5 Å². The average molecular weight is 271 g/mol. The molecule has 1 aromatic rings. The molecule has 2 heterocycles. The number of hydrogen-bond acceptors (Lipinski definition) is 4. The summed E-state index contributed by atoms with van der Waals surface area (Å²) in [5.74, 6) is -0.151. The van der Waals surface area contributed by atoms with Crippen LogP contribution in [0.1, 0.15) is 16.9 Å². The molecule has 100 valence electrons. The highest BCUT2D eigenvalue weighted by Gasteiger charge is 2.19. The minimum absolute atomic E-state index is 0. The van der Waals surface area contributed by atoms with Crippen molar-refractivity contribution in [3.8, 4) is 0 Å². The van der Waals surface area contributed by atoms with Gasteiger partial charge in [0.1, 0.15) is 5.69 Å². The van der Waals surface area contributed by atoms with Crippen molar-refractivity contribution >= 4 is 24.0 Å². The molecule has 0 aliphatic carbocycles. The van der Waals surface area contributed by atoms with Crippen molar-refractivity contribution in [1.29, 1.82) is 0 Å². The van der Waals surface area contributed by atoms with E-state index in [2.05, 4.69) is 27.6 Å². The predicted molar refractivity (Wildman–Crippen MR) is 74.6 cm³/mol. The monoisotopic (exact) mass is 270 g/mol. The third-order valence-electron chi connectivity index (χ3n) is 3.20. The number of anilines is 1. The maximum Gasteiger partial charge on any atom is 0.269 e. The molecule has 1 saturated heterocycles. The van der Waals surface area contributed by atoms with E-state index in [0.29, 0.717) is 11.7 Å². The Morgan fingerprint density at radius 2 is 2.33 bits per heavy atom. The van der Waals surface area contributed by atoms with Crippen LogP contribution >= 0.6 is 12.4 Å². The summed E-state index contributed by atoms with van der Waals surface area (Å²) in [6, 6.07) is 4.21. The molecule has 0 spiro atoms. The summed E-state index contributed by atoms with van der Waals surface area (Å²) < 4.78 is 0. The van der Waals surface area contributed by atoms with Crippen LogP contribution in [0.5, 0.6) is 0 Å². The molecular weight excluding hydrogens is 252 g/mol. The third kappa shape index (κ3) is 3.11. The molecule has 1 amide bonds. The Balaban J connectivity index is 0.00000162. The Bertz CT molecular complexity index is 390. The molecule has 6 heteroatoms. The fourth-order valence-electron chi connectivity index (χ4n) is 2.04. The number of rotatable bonds is 3. The predicted octanol–water partition coefficient (Wildman–Crippen LogP) is 0.661. The number of likely N-dealkylation sites (N-methyl/N-ethyl adjacent to an activating group) is 1. The second-order valence-electron chi connectivity index (χ2n) is 4.24. The van der Waals surface area contributed by atoms with Gasteiger partial charge in [0.15, 0.2) is 0 Å². The van der Waals surface area contributed by atoms with Crippen molar-refractivity contribution in [2.75, 3.05) is 32.1 Å². The van der Waals surface area contributed by atoms with E-state index < -0.39 is 0 Å². The largest absolute Gasteiger partial charge is 0.369 e. The van der Waals surface area contributed by atoms with Gasteiger partial charge in [-0.25, -0.2) is 4.98 Å². The zero-order valence-electron chi connectivity index (χ0n) is 10.6. The molecule has 0 bridgehead atoms. The van der Waals surface area contributed by atoms with Gasteiger partial charge in [0, 0.05) is 26.7 Å². The number of pyridine rings is 1. The van der Waals surface area contributed by atoms with Crippen molar-refractivity contribution in [3.05, 3.63) is 24.0 Å². The SMILES string of the molecule is CNC(=O)c1ccc(N(C)[C@@H]2CCNC2)cn1.Cl. The van der Waals surface area contributed by atoms with Crippen molar-refractivity contribution in [3.63, 3.8) is 0 Å². The van der Waals surface area contributed by atoms with Gasteiger partial charge in [-0.15, -0.1) is 12.4 Å². The highest BCUT2D eigenvalue weighted by atomic mass is 35.5. The van der Waals surface area contributed by atoms with Crippen LogP contribution in [0.2, 0.25) is 0 Å². The molecule has 18 heavy (non-hydrogen) atoms. The number of amides is 1. The lowest BCUT2D eigenvalue weighted by Crippen LogP contribution is -2.33. The van der Waals surface area contributed by atoms with E-state index in [1.807, 2.05) is 6.07 Å². The number of aromatic nitrogens is 1. The van der Waals surface area contributed by atoms with E-state index in [0.717, 1.165) is 25.2 Å². The van der Waals surface area contributed by atoms with Crippen molar-refractivity contribution in [2.45, 2.75) is 12.5 Å². The van der Waals surface area contributed by atoms with E-state index in [-0.39, 0.29) is 18.3 Å². The van der Waals surface area contributed by atoms with Crippen LogP contribution in [0.3, 0.4) is 0 Å². The van der Waals surface area contributed by atoms with E-state index in [4.69, 9.17) is 0 Å². The fourth-order valence-corrected chi connectivity index (χ4v) is 2.04. The second-order valence-corrected chi connectivity index (χ2v) is 4.24. The van der Waals surface area contributed by atoms with Crippen LogP contribution in [0.25, 0.3) is 0 Å². The molecule has 1 atom stereocenters. The molecule has 1 fully saturated rings. The fraction of sp³-hybridized carbons (Fsp3) is 0.500. The first kappa shape index (κ1) is 14.7. The minimum atomic E-state index is -0.151. The lowest BCUT2D eigenvalue weighted by molar-refractivity contribution is 0.0958. The summed E-state index contributed by atoms with van der Waals surface area (Å²) in [7, 11) is 3.67. The Hall–Kier alpha value is -1.33. The van der Waals surface area contributed by atoms with Crippen LogP contribution in [-0.2, 0) is 0 Å². The molecule has 0 unspecified atom stereocenters. The molecule has 1 aromatic heterocycles. The summed E-state index contributed by atoms with van der Waals surface area (Å²) in [6.07, 6.45) is 2.90. The molecule has 1 aliphatic heterocycles. The number of hydrogen-bond donors (Lipinski definition) is 2. The summed E-state index contributed by atoms with van der Waals surface area (Å²) >= 11 is 0. The highest BCUT2D eigenvalue weighted by Crippen LogP contribution is 2.17. The molecular formula is C12H19ClN4O. The van der Waals surface area contributed by atoms with Crippen molar-refractivity contribution in [2.24, 2.45) is 0 Å². The Morgan fingerprint density at radius 3 is 2.83 bits per heavy atom. The van der Waals surface area contributed by atoms with Gasteiger partial charge in [-0.05, 0) is 25.1 Å². The number of halogens is 1. The minimum Gasteiger partial charge on any atom is -0.369 e. The van der Waals surface area contributed by atoms with Crippen molar-refractivity contribution in [1.82, 2.24) is 15.6 Å². The normalized spacial score (nSPS) is 18.0. The van der Waals surface area contributed by atoms with Crippen LogP contribution in [0, 0.1) is 0 Å². The smallest absolute Gasteiger partial charge is 0.269 e. The number of carbonyl (C=O) groups is 1.